The standard InChI is InChI=1S/C13H18N2O3/c1-10-3-2-4-12(13(10)15(16)17)14-7-5-11-6-8-18-9-11/h2-4,11,14H,5-9H2,1H3. The molecule has 5 heteroatoms. The van der Waals surface area contributed by atoms with Crippen LogP contribution in [0, 0.1) is 23.0 Å². The lowest BCUT2D eigenvalue weighted by molar-refractivity contribution is -0.384. The average Bonchev–Trinajstić information content (AvgIpc) is 2.81. The Bertz CT molecular complexity index is 428. The molecule has 1 N–H and O–H groups in total. The minimum Gasteiger partial charge on any atom is -0.381 e. The fraction of sp³-hybridized carbons (Fsp3) is 0.538. The van der Waals surface area contributed by atoms with E-state index in [2.05, 4.69) is 5.32 Å². The van der Waals surface area contributed by atoms with Gasteiger partial charge in [-0.05, 0) is 31.7 Å². The Morgan fingerprint density at radius 3 is 3.06 bits per heavy atom. The second-order valence-corrected chi connectivity index (χ2v) is 4.67. The van der Waals surface area contributed by atoms with Gasteiger partial charge in [0, 0.05) is 25.3 Å². The van der Waals surface area contributed by atoms with Gasteiger partial charge in [-0.2, -0.15) is 0 Å². The van der Waals surface area contributed by atoms with E-state index >= 15 is 0 Å². The summed E-state index contributed by atoms with van der Waals surface area (Å²) in [5.41, 5.74) is 1.48. The highest BCUT2D eigenvalue weighted by molar-refractivity contribution is 5.64. The van der Waals surface area contributed by atoms with Crippen molar-refractivity contribution in [3.8, 4) is 0 Å². The maximum Gasteiger partial charge on any atom is 0.295 e. The second-order valence-electron chi connectivity index (χ2n) is 4.67. The predicted molar refractivity (Wildman–Crippen MR) is 69.9 cm³/mol. The summed E-state index contributed by atoms with van der Waals surface area (Å²) in [5.74, 6) is 0.585. The minimum atomic E-state index is -0.323. The number of nitro benzene ring substituents is 1. The highest BCUT2D eigenvalue weighted by Gasteiger charge is 2.18. The molecule has 98 valence electrons. The average molecular weight is 250 g/mol. The normalized spacial score (nSPS) is 18.8. The van der Waals surface area contributed by atoms with Crippen molar-refractivity contribution in [2.24, 2.45) is 5.92 Å². The summed E-state index contributed by atoms with van der Waals surface area (Å²) in [6.45, 7) is 4.17. The predicted octanol–water partition coefficient (Wildman–Crippen LogP) is 2.74. The highest BCUT2D eigenvalue weighted by atomic mass is 16.6. The van der Waals surface area contributed by atoms with Gasteiger partial charge < -0.3 is 10.1 Å². The van der Waals surface area contributed by atoms with Gasteiger partial charge in [0.1, 0.15) is 5.69 Å². The molecule has 0 bridgehead atoms. The van der Waals surface area contributed by atoms with Crippen LogP contribution in [0.3, 0.4) is 0 Å². The molecule has 1 atom stereocenters. The lowest BCUT2D eigenvalue weighted by atomic mass is 10.1. The summed E-state index contributed by atoms with van der Waals surface area (Å²) < 4.78 is 5.30. The molecule has 2 rings (SSSR count). The van der Waals surface area contributed by atoms with Gasteiger partial charge >= 0.3 is 0 Å². The second kappa shape index (κ2) is 5.82. The molecule has 1 aromatic carbocycles. The number of nitrogens with zero attached hydrogens (tertiary/aromatic N) is 1. The molecule has 1 aliphatic heterocycles. The van der Waals surface area contributed by atoms with Gasteiger partial charge in [-0.1, -0.05) is 12.1 Å². The molecule has 0 aliphatic carbocycles. The van der Waals surface area contributed by atoms with Gasteiger partial charge in [0.25, 0.3) is 5.69 Å². The summed E-state index contributed by atoms with van der Waals surface area (Å²) in [6, 6.07) is 5.35. The zero-order chi connectivity index (χ0) is 13.0. The first-order valence-corrected chi connectivity index (χ1v) is 6.24. The van der Waals surface area contributed by atoms with Crippen LogP contribution in [-0.4, -0.2) is 24.7 Å². The molecule has 1 saturated heterocycles. The minimum absolute atomic E-state index is 0.181. The number of hydrogen-bond donors (Lipinski definition) is 1. The molecule has 1 aliphatic rings. The van der Waals surface area contributed by atoms with Crippen LogP contribution in [0.1, 0.15) is 18.4 Å². The van der Waals surface area contributed by atoms with Crippen molar-refractivity contribution in [2.75, 3.05) is 25.1 Å². The number of benzene rings is 1. The summed E-state index contributed by atoms with van der Waals surface area (Å²) in [7, 11) is 0. The third-order valence-electron chi connectivity index (χ3n) is 3.31. The highest BCUT2D eigenvalue weighted by Crippen LogP contribution is 2.28. The van der Waals surface area contributed by atoms with E-state index in [1.807, 2.05) is 6.07 Å². The van der Waals surface area contributed by atoms with E-state index < -0.39 is 0 Å². The van der Waals surface area contributed by atoms with Crippen molar-refractivity contribution in [1.82, 2.24) is 0 Å². The molecule has 1 fully saturated rings. The molecule has 0 spiro atoms. The SMILES string of the molecule is Cc1cccc(NCCC2CCOC2)c1[N+](=O)[O-]. The number of anilines is 1. The van der Waals surface area contributed by atoms with Gasteiger partial charge in [0.2, 0.25) is 0 Å². The van der Waals surface area contributed by atoms with E-state index in [9.17, 15) is 10.1 Å². The number of hydrogen-bond acceptors (Lipinski definition) is 4. The van der Waals surface area contributed by atoms with Crippen LogP contribution in [0.2, 0.25) is 0 Å². The first-order valence-electron chi connectivity index (χ1n) is 6.24. The topological polar surface area (TPSA) is 64.4 Å². The molecular formula is C13H18N2O3. The van der Waals surface area contributed by atoms with E-state index in [-0.39, 0.29) is 10.6 Å². The zero-order valence-corrected chi connectivity index (χ0v) is 10.5. The van der Waals surface area contributed by atoms with Gasteiger partial charge in [-0.3, -0.25) is 10.1 Å². The number of nitrogens with one attached hydrogen (secondary N) is 1. The third-order valence-corrected chi connectivity index (χ3v) is 3.31. The maximum atomic E-state index is 11.0. The van der Waals surface area contributed by atoms with Crippen LogP contribution in [0.5, 0.6) is 0 Å². The Kier molecular flexibility index (Phi) is 4.15. The van der Waals surface area contributed by atoms with Gasteiger partial charge in [-0.25, -0.2) is 0 Å². The van der Waals surface area contributed by atoms with Crippen LogP contribution in [0.4, 0.5) is 11.4 Å². The molecule has 0 aromatic heterocycles. The fourth-order valence-electron chi connectivity index (χ4n) is 2.27. The smallest absolute Gasteiger partial charge is 0.295 e. The van der Waals surface area contributed by atoms with E-state index in [4.69, 9.17) is 4.74 Å². The Balaban J connectivity index is 1.96. The molecule has 1 aromatic rings. The Morgan fingerprint density at radius 2 is 2.39 bits per heavy atom. The number of rotatable bonds is 5. The molecule has 5 nitrogen and oxygen atoms in total. The van der Waals surface area contributed by atoms with E-state index in [1.54, 1.807) is 19.1 Å². The van der Waals surface area contributed by atoms with Crippen LogP contribution in [-0.2, 0) is 4.74 Å². The molecule has 0 saturated carbocycles. The summed E-state index contributed by atoms with van der Waals surface area (Å²) in [6.07, 6.45) is 2.09. The molecule has 18 heavy (non-hydrogen) atoms. The monoisotopic (exact) mass is 250 g/mol. The van der Waals surface area contributed by atoms with Crippen molar-refractivity contribution in [1.29, 1.82) is 0 Å². The van der Waals surface area contributed by atoms with Crippen molar-refractivity contribution in [3.63, 3.8) is 0 Å². The quantitative estimate of drug-likeness (QED) is 0.644. The van der Waals surface area contributed by atoms with Crippen LogP contribution < -0.4 is 5.32 Å². The summed E-state index contributed by atoms with van der Waals surface area (Å²) >= 11 is 0. The Labute approximate surface area is 106 Å². The first-order chi connectivity index (χ1) is 8.68. The van der Waals surface area contributed by atoms with Crippen LogP contribution >= 0.6 is 0 Å². The summed E-state index contributed by atoms with van der Waals surface area (Å²) in [5, 5.41) is 14.2. The zero-order valence-electron chi connectivity index (χ0n) is 10.5. The fourth-order valence-corrected chi connectivity index (χ4v) is 2.27. The lowest BCUT2D eigenvalue weighted by Crippen LogP contribution is -2.10. The van der Waals surface area contributed by atoms with Gasteiger partial charge in [-0.15, -0.1) is 0 Å². The maximum absolute atomic E-state index is 11.0. The summed E-state index contributed by atoms with van der Waals surface area (Å²) in [4.78, 5) is 10.7. The largest absolute Gasteiger partial charge is 0.381 e. The molecule has 1 unspecified atom stereocenters. The third kappa shape index (κ3) is 2.98. The molecule has 0 amide bonds. The van der Waals surface area contributed by atoms with Crippen LogP contribution in [0.15, 0.2) is 18.2 Å². The van der Waals surface area contributed by atoms with Gasteiger partial charge in [0.05, 0.1) is 4.92 Å². The number of nitro groups is 1. The number of ether oxygens (including phenoxy) is 1. The van der Waals surface area contributed by atoms with Crippen molar-refractivity contribution in [2.45, 2.75) is 19.8 Å². The Hall–Kier alpha value is -1.62. The first kappa shape index (κ1) is 12.8. The van der Waals surface area contributed by atoms with Gasteiger partial charge in [0.15, 0.2) is 0 Å². The molecule has 0 radical (unpaired) electrons. The Morgan fingerprint density at radius 1 is 1.56 bits per heavy atom. The number of para-hydroxylation sites is 1. The number of aryl methyl sites for hydroxylation is 1. The molecular weight excluding hydrogens is 232 g/mol. The van der Waals surface area contributed by atoms with E-state index in [1.165, 1.54) is 0 Å². The van der Waals surface area contributed by atoms with Crippen molar-refractivity contribution in [3.05, 3.63) is 33.9 Å². The van der Waals surface area contributed by atoms with Crippen molar-refractivity contribution >= 4 is 11.4 Å². The van der Waals surface area contributed by atoms with Crippen LogP contribution in [0.25, 0.3) is 0 Å². The van der Waals surface area contributed by atoms with Crippen molar-refractivity contribution < 1.29 is 9.66 Å². The van der Waals surface area contributed by atoms with E-state index in [0.29, 0.717) is 17.2 Å². The lowest BCUT2D eigenvalue weighted by Gasteiger charge is -2.10. The van der Waals surface area contributed by atoms with E-state index in [0.717, 1.165) is 32.6 Å². The molecule has 1 heterocycles.